The summed E-state index contributed by atoms with van der Waals surface area (Å²) in [5.74, 6) is 0.622. The van der Waals surface area contributed by atoms with Crippen LogP contribution in [0.25, 0.3) is 0 Å². The molecule has 2 aromatic heterocycles. The van der Waals surface area contributed by atoms with Gasteiger partial charge < -0.3 is 10.2 Å². The van der Waals surface area contributed by atoms with Crippen molar-refractivity contribution in [2.45, 2.75) is 13.0 Å². The van der Waals surface area contributed by atoms with Crippen molar-refractivity contribution in [2.24, 2.45) is 0 Å². The van der Waals surface area contributed by atoms with Crippen LogP contribution >= 0.6 is 15.9 Å². The second-order valence-electron chi connectivity index (χ2n) is 3.43. The molecule has 0 aliphatic carbocycles. The van der Waals surface area contributed by atoms with Crippen LogP contribution in [0.4, 0.5) is 11.5 Å². The van der Waals surface area contributed by atoms with Crippen molar-refractivity contribution in [1.29, 1.82) is 0 Å². The van der Waals surface area contributed by atoms with Crippen LogP contribution in [-0.4, -0.2) is 14.7 Å². The molecule has 0 radical (unpaired) electrons. The van der Waals surface area contributed by atoms with E-state index in [-0.39, 0.29) is 17.5 Å². The van der Waals surface area contributed by atoms with E-state index in [1.54, 1.807) is 19.1 Å². The first-order valence-electron chi connectivity index (χ1n) is 4.73. The zero-order valence-electron chi connectivity index (χ0n) is 8.83. The molecule has 0 bridgehead atoms. The summed E-state index contributed by atoms with van der Waals surface area (Å²) >= 11 is 3.18. The van der Waals surface area contributed by atoms with Gasteiger partial charge in [0.1, 0.15) is 18.0 Å². The lowest BCUT2D eigenvalue weighted by atomic mass is 10.2. The normalized spacial score (nSPS) is 12.6. The van der Waals surface area contributed by atoms with Crippen molar-refractivity contribution in [1.82, 2.24) is 9.78 Å². The predicted molar refractivity (Wildman–Crippen MR) is 63.5 cm³/mol. The minimum absolute atomic E-state index is 0.00928. The molecule has 0 aliphatic heterocycles. The molecule has 0 aromatic carbocycles. The largest absolute Gasteiger partial charge is 0.452 e. The fourth-order valence-corrected chi connectivity index (χ4v) is 1.80. The van der Waals surface area contributed by atoms with Crippen LogP contribution in [0, 0.1) is 10.1 Å². The summed E-state index contributed by atoms with van der Waals surface area (Å²) in [7, 11) is 0. The lowest BCUT2D eigenvalue weighted by Gasteiger charge is -2.10. The number of hydrogen-bond acceptors (Lipinski definition) is 5. The molecule has 2 heterocycles. The molecule has 0 amide bonds. The highest BCUT2D eigenvalue weighted by Crippen LogP contribution is 2.28. The van der Waals surface area contributed by atoms with Gasteiger partial charge in [-0.1, -0.05) is 0 Å². The number of nitrogens with two attached hydrogens (primary N) is 1. The average Bonchev–Trinajstić information content (AvgIpc) is 2.83. The van der Waals surface area contributed by atoms with Gasteiger partial charge in [-0.15, -0.1) is 0 Å². The van der Waals surface area contributed by atoms with E-state index in [0.29, 0.717) is 10.4 Å². The molecule has 2 rings (SSSR count). The maximum absolute atomic E-state index is 10.6. The average molecular weight is 301 g/mol. The number of anilines is 1. The number of hydrogen-bond donors (Lipinski definition) is 1. The lowest BCUT2D eigenvalue weighted by molar-refractivity contribution is -0.384. The van der Waals surface area contributed by atoms with Crippen LogP contribution in [0.5, 0.6) is 0 Å². The summed E-state index contributed by atoms with van der Waals surface area (Å²) in [5, 5.41) is 14.5. The summed E-state index contributed by atoms with van der Waals surface area (Å²) in [6, 6.07) is 3.18. The molecule has 0 saturated carbocycles. The second-order valence-corrected chi connectivity index (χ2v) is 4.22. The quantitative estimate of drug-likeness (QED) is 0.692. The van der Waals surface area contributed by atoms with E-state index < -0.39 is 4.92 Å². The van der Waals surface area contributed by atoms with Crippen molar-refractivity contribution in [3.05, 3.63) is 38.9 Å². The van der Waals surface area contributed by atoms with Gasteiger partial charge in [-0.25, -0.2) is 4.68 Å². The van der Waals surface area contributed by atoms with Gasteiger partial charge in [-0.05, 0) is 35.0 Å². The zero-order chi connectivity index (χ0) is 12.6. The van der Waals surface area contributed by atoms with Gasteiger partial charge in [0.2, 0.25) is 5.82 Å². The van der Waals surface area contributed by atoms with Crippen molar-refractivity contribution in [3.8, 4) is 0 Å². The number of nitrogens with zero attached hydrogens (tertiary/aromatic N) is 3. The van der Waals surface area contributed by atoms with E-state index in [1.165, 1.54) is 4.68 Å². The topological polar surface area (TPSA) is 100 Å². The number of aromatic nitrogens is 2. The third kappa shape index (κ3) is 2.03. The minimum atomic E-state index is -0.566. The molecular weight excluding hydrogens is 292 g/mol. The van der Waals surface area contributed by atoms with E-state index in [9.17, 15) is 10.1 Å². The highest BCUT2D eigenvalue weighted by atomic mass is 79.9. The Morgan fingerprint density at radius 2 is 2.35 bits per heavy atom. The molecule has 17 heavy (non-hydrogen) atoms. The Labute approximate surface area is 104 Å². The highest BCUT2D eigenvalue weighted by Gasteiger charge is 2.22. The van der Waals surface area contributed by atoms with Gasteiger partial charge in [0.25, 0.3) is 0 Å². The van der Waals surface area contributed by atoms with E-state index in [4.69, 9.17) is 10.2 Å². The van der Waals surface area contributed by atoms with Crippen LogP contribution < -0.4 is 5.73 Å². The Balaban J connectivity index is 2.38. The van der Waals surface area contributed by atoms with Crippen molar-refractivity contribution in [3.63, 3.8) is 0 Å². The van der Waals surface area contributed by atoms with Gasteiger partial charge in [0.15, 0.2) is 4.67 Å². The third-order valence-corrected chi connectivity index (χ3v) is 2.81. The molecule has 0 spiro atoms. The smallest absolute Gasteiger partial charge is 0.330 e. The standard InChI is InChI=1S/C9H9BrN4O3/c1-5(7-2-3-8(10)17-7)13-9(11)6(4-12-13)14(15)16/h2-5H,11H2,1H3. The SMILES string of the molecule is CC(c1ccc(Br)o1)n1ncc([N+](=O)[O-])c1N. The monoisotopic (exact) mass is 300 g/mol. The summed E-state index contributed by atoms with van der Waals surface area (Å²) in [6.45, 7) is 1.79. The maximum Gasteiger partial charge on any atom is 0.330 e. The highest BCUT2D eigenvalue weighted by molar-refractivity contribution is 9.10. The van der Waals surface area contributed by atoms with Crippen LogP contribution in [0.1, 0.15) is 18.7 Å². The summed E-state index contributed by atoms with van der Waals surface area (Å²) in [4.78, 5) is 10.1. The van der Waals surface area contributed by atoms with Crippen molar-refractivity contribution < 1.29 is 9.34 Å². The van der Waals surface area contributed by atoms with Crippen LogP contribution in [0.15, 0.2) is 27.4 Å². The van der Waals surface area contributed by atoms with Crippen LogP contribution in [0.2, 0.25) is 0 Å². The first-order valence-corrected chi connectivity index (χ1v) is 5.52. The fourth-order valence-electron chi connectivity index (χ4n) is 1.49. The Morgan fingerprint density at radius 1 is 1.65 bits per heavy atom. The molecule has 8 heteroatoms. The van der Waals surface area contributed by atoms with E-state index in [2.05, 4.69) is 21.0 Å². The van der Waals surface area contributed by atoms with Gasteiger partial charge in [-0.2, -0.15) is 5.10 Å². The molecule has 0 saturated heterocycles. The predicted octanol–water partition coefficient (Wildman–Crippen LogP) is 2.34. The Morgan fingerprint density at radius 3 is 2.82 bits per heavy atom. The minimum Gasteiger partial charge on any atom is -0.452 e. The van der Waals surface area contributed by atoms with E-state index in [0.717, 1.165) is 6.20 Å². The van der Waals surface area contributed by atoms with Gasteiger partial charge in [0.05, 0.1) is 4.92 Å². The first-order chi connectivity index (χ1) is 8.00. The van der Waals surface area contributed by atoms with Gasteiger partial charge in [0, 0.05) is 0 Å². The molecule has 2 N–H and O–H groups in total. The van der Waals surface area contributed by atoms with Gasteiger partial charge >= 0.3 is 5.69 Å². The Bertz CT molecular complexity index is 562. The number of rotatable bonds is 3. The van der Waals surface area contributed by atoms with Crippen molar-refractivity contribution >= 4 is 27.4 Å². The summed E-state index contributed by atoms with van der Waals surface area (Å²) in [6.07, 6.45) is 1.13. The Hall–Kier alpha value is -1.83. The third-order valence-electron chi connectivity index (χ3n) is 2.38. The fraction of sp³-hybridized carbons (Fsp3) is 0.222. The lowest BCUT2D eigenvalue weighted by Crippen LogP contribution is -2.11. The van der Waals surface area contributed by atoms with Crippen LogP contribution in [0.3, 0.4) is 0 Å². The molecule has 0 fully saturated rings. The van der Waals surface area contributed by atoms with Gasteiger partial charge in [-0.3, -0.25) is 10.1 Å². The molecule has 2 aromatic rings. The number of nitro groups is 1. The zero-order valence-corrected chi connectivity index (χ0v) is 10.4. The molecule has 1 unspecified atom stereocenters. The number of halogens is 1. The first kappa shape index (κ1) is 11.6. The Kier molecular flexibility index (Phi) is 2.88. The number of nitrogen functional groups attached to an aromatic ring is 1. The molecule has 7 nitrogen and oxygen atoms in total. The molecule has 1 atom stereocenters. The molecule has 0 aliphatic rings. The molecular formula is C9H9BrN4O3. The second kappa shape index (κ2) is 4.21. The maximum atomic E-state index is 10.6. The van der Waals surface area contributed by atoms with Crippen LogP contribution in [-0.2, 0) is 0 Å². The summed E-state index contributed by atoms with van der Waals surface area (Å²) in [5.41, 5.74) is 5.45. The number of furan rings is 1. The van der Waals surface area contributed by atoms with E-state index in [1.807, 2.05) is 0 Å². The van der Waals surface area contributed by atoms with E-state index >= 15 is 0 Å². The molecule has 90 valence electrons. The summed E-state index contributed by atoms with van der Waals surface area (Å²) < 4.78 is 7.29. The van der Waals surface area contributed by atoms with Crippen molar-refractivity contribution in [2.75, 3.05) is 5.73 Å².